The number of thiophene rings is 1. The summed E-state index contributed by atoms with van der Waals surface area (Å²) in [5.74, 6) is -1.24. The zero-order valence-corrected chi connectivity index (χ0v) is 10.3. The number of hydrogen-bond donors (Lipinski definition) is 2. The van der Waals surface area contributed by atoms with E-state index in [2.05, 4.69) is 5.32 Å². The number of carbonyl (C=O) groups is 2. The van der Waals surface area contributed by atoms with Crippen molar-refractivity contribution >= 4 is 23.2 Å². The zero-order valence-electron chi connectivity index (χ0n) is 9.50. The van der Waals surface area contributed by atoms with Gasteiger partial charge in [-0.15, -0.1) is 0 Å². The first-order valence-electron chi connectivity index (χ1n) is 5.33. The lowest BCUT2D eigenvalue weighted by atomic mass is 10.3. The van der Waals surface area contributed by atoms with E-state index in [0.717, 1.165) is 5.56 Å². The molecule has 0 bridgehead atoms. The Morgan fingerprint density at radius 1 is 1.39 bits per heavy atom. The summed E-state index contributed by atoms with van der Waals surface area (Å²) in [7, 11) is 0. The first kappa shape index (κ1) is 12.4. The molecule has 2 rings (SSSR count). The molecule has 0 atom stereocenters. The summed E-state index contributed by atoms with van der Waals surface area (Å²) in [6.07, 6.45) is 1.58. The Hall–Kier alpha value is -2.08. The van der Waals surface area contributed by atoms with Gasteiger partial charge >= 0.3 is 5.97 Å². The van der Waals surface area contributed by atoms with Crippen molar-refractivity contribution in [2.75, 3.05) is 0 Å². The molecular weight excluding hydrogens is 252 g/mol. The van der Waals surface area contributed by atoms with Crippen LogP contribution in [0.2, 0.25) is 0 Å². The average molecular weight is 264 g/mol. The van der Waals surface area contributed by atoms with Crippen molar-refractivity contribution in [1.82, 2.24) is 9.88 Å². The van der Waals surface area contributed by atoms with E-state index in [0.29, 0.717) is 12.2 Å². The van der Waals surface area contributed by atoms with Crippen molar-refractivity contribution < 1.29 is 14.7 Å². The number of carboxylic acids is 1. The molecule has 18 heavy (non-hydrogen) atoms. The van der Waals surface area contributed by atoms with Gasteiger partial charge in [-0.2, -0.15) is 11.3 Å². The van der Waals surface area contributed by atoms with Gasteiger partial charge in [0.1, 0.15) is 12.2 Å². The van der Waals surface area contributed by atoms with E-state index in [9.17, 15) is 9.59 Å². The largest absolute Gasteiger partial charge is 0.480 e. The molecule has 0 fully saturated rings. The third kappa shape index (κ3) is 2.98. The fraction of sp³-hybridized carbons (Fsp3) is 0.167. The van der Waals surface area contributed by atoms with Gasteiger partial charge in [-0.1, -0.05) is 0 Å². The smallest absolute Gasteiger partial charge is 0.323 e. The second-order valence-electron chi connectivity index (χ2n) is 3.73. The highest BCUT2D eigenvalue weighted by Crippen LogP contribution is 2.07. The number of aromatic nitrogens is 1. The predicted molar refractivity (Wildman–Crippen MR) is 67.6 cm³/mol. The summed E-state index contributed by atoms with van der Waals surface area (Å²) in [5.41, 5.74) is 1.39. The van der Waals surface area contributed by atoms with Crippen LogP contribution in [-0.2, 0) is 17.9 Å². The standard InChI is InChI=1S/C12H12N2O3S/c15-11(16)7-14-4-1-2-10(14)12(17)13-6-9-3-5-18-8-9/h1-5,8H,6-7H2,(H,13,17)(H,15,16). The molecule has 0 aliphatic carbocycles. The van der Waals surface area contributed by atoms with Crippen LogP contribution in [-0.4, -0.2) is 21.6 Å². The minimum atomic E-state index is -0.974. The van der Waals surface area contributed by atoms with Crippen LogP contribution < -0.4 is 5.32 Å². The summed E-state index contributed by atoms with van der Waals surface area (Å²) >= 11 is 1.57. The monoisotopic (exact) mass is 264 g/mol. The van der Waals surface area contributed by atoms with E-state index in [-0.39, 0.29) is 12.5 Å². The highest BCUT2D eigenvalue weighted by molar-refractivity contribution is 7.07. The first-order chi connectivity index (χ1) is 8.66. The molecule has 1 amide bonds. The number of amides is 1. The van der Waals surface area contributed by atoms with Gasteiger partial charge in [0.2, 0.25) is 0 Å². The molecule has 2 aromatic rings. The Balaban J connectivity index is 2.00. The quantitative estimate of drug-likeness (QED) is 0.861. The Bertz CT molecular complexity index is 545. The van der Waals surface area contributed by atoms with Crippen molar-refractivity contribution in [1.29, 1.82) is 0 Å². The van der Waals surface area contributed by atoms with Gasteiger partial charge in [-0.05, 0) is 34.5 Å². The van der Waals surface area contributed by atoms with E-state index >= 15 is 0 Å². The van der Waals surface area contributed by atoms with Gasteiger partial charge in [0, 0.05) is 12.7 Å². The topological polar surface area (TPSA) is 71.3 Å². The fourth-order valence-corrected chi connectivity index (χ4v) is 2.24. The average Bonchev–Trinajstić information content (AvgIpc) is 2.95. The Labute approximate surface area is 108 Å². The second kappa shape index (κ2) is 5.50. The Morgan fingerprint density at radius 2 is 2.22 bits per heavy atom. The highest BCUT2D eigenvalue weighted by atomic mass is 32.1. The van der Waals surface area contributed by atoms with E-state index in [1.54, 1.807) is 29.7 Å². The van der Waals surface area contributed by atoms with Gasteiger partial charge < -0.3 is 15.0 Å². The number of carbonyl (C=O) groups excluding carboxylic acids is 1. The minimum Gasteiger partial charge on any atom is -0.480 e. The van der Waals surface area contributed by atoms with Crippen molar-refractivity contribution in [2.45, 2.75) is 13.1 Å². The number of nitrogens with one attached hydrogen (secondary N) is 1. The molecule has 0 saturated carbocycles. The SMILES string of the molecule is O=C(O)Cn1cccc1C(=O)NCc1ccsc1. The number of carboxylic acid groups (broad SMARTS) is 1. The van der Waals surface area contributed by atoms with Crippen LogP contribution in [0.3, 0.4) is 0 Å². The molecule has 0 aliphatic rings. The van der Waals surface area contributed by atoms with Crippen LogP contribution in [0, 0.1) is 0 Å². The summed E-state index contributed by atoms with van der Waals surface area (Å²) in [4.78, 5) is 22.5. The van der Waals surface area contributed by atoms with Crippen molar-refractivity contribution in [3.05, 3.63) is 46.4 Å². The maximum Gasteiger partial charge on any atom is 0.323 e. The molecule has 0 saturated heterocycles. The number of rotatable bonds is 5. The molecule has 2 N–H and O–H groups in total. The lowest BCUT2D eigenvalue weighted by molar-refractivity contribution is -0.137. The van der Waals surface area contributed by atoms with Crippen LogP contribution in [0.1, 0.15) is 16.1 Å². The Morgan fingerprint density at radius 3 is 2.89 bits per heavy atom. The van der Waals surface area contributed by atoms with Crippen LogP contribution in [0.5, 0.6) is 0 Å². The maximum atomic E-state index is 11.9. The normalized spacial score (nSPS) is 10.2. The molecule has 6 heteroatoms. The van der Waals surface area contributed by atoms with E-state index < -0.39 is 5.97 Å². The Kier molecular flexibility index (Phi) is 3.78. The third-order valence-electron chi connectivity index (χ3n) is 2.40. The third-order valence-corrected chi connectivity index (χ3v) is 3.13. The van der Waals surface area contributed by atoms with Gasteiger partial charge in [-0.25, -0.2) is 0 Å². The van der Waals surface area contributed by atoms with Gasteiger partial charge in [-0.3, -0.25) is 9.59 Å². The van der Waals surface area contributed by atoms with E-state index in [1.807, 2.05) is 16.8 Å². The number of nitrogens with zero attached hydrogens (tertiary/aromatic N) is 1. The highest BCUT2D eigenvalue weighted by Gasteiger charge is 2.12. The van der Waals surface area contributed by atoms with Crippen LogP contribution in [0.25, 0.3) is 0 Å². The molecule has 0 radical (unpaired) electrons. The molecule has 94 valence electrons. The second-order valence-corrected chi connectivity index (χ2v) is 4.51. The van der Waals surface area contributed by atoms with E-state index in [1.165, 1.54) is 4.57 Å². The summed E-state index contributed by atoms with van der Waals surface area (Å²) < 4.78 is 1.41. The van der Waals surface area contributed by atoms with Crippen LogP contribution in [0.4, 0.5) is 0 Å². The first-order valence-corrected chi connectivity index (χ1v) is 6.27. The summed E-state index contributed by atoms with van der Waals surface area (Å²) in [6, 6.07) is 5.19. The van der Waals surface area contributed by atoms with E-state index in [4.69, 9.17) is 5.11 Å². The van der Waals surface area contributed by atoms with Crippen molar-refractivity contribution in [3.63, 3.8) is 0 Å². The minimum absolute atomic E-state index is 0.214. The number of hydrogen-bond acceptors (Lipinski definition) is 3. The van der Waals surface area contributed by atoms with Crippen LogP contribution in [0.15, 0.2) is 35.2 Å². The maximum absolute atomic E-state index is 11.9. The lowest BCUT2D eigenvalue weighted by Gasteiger charge is -2.07. The summed E-state index contributed by atoms with van der Waals surface area (Å²) in [5, 5.41) is 15.4. The van der Waals surface area contributed by atoms with Gasteiger partial charge in [0.25, 0.3) is 5.91 Å². The van der Waals surface area contributed by atoms with Crippen molar-refractivity contribution in [3.8, 4) is 0 Å². The molecule has 0 aromatic carbocycles. The molecule has 0 aliphatic heterocycles. The van der Waals surface area contributed by atoms with Crippen molar-refractivity contribution in [2.24, 2.45) is 0 Å². The fourth-order valence-electron chi connectivity index (χ4n) is 1.57. The molecule has 2 aromatic heterocycles. The molecular formula is C12H12N2O3S. The lowest BCUT2D eigenvalue weighted by Crippen LogP contribution is -2.26. The van der Waals surface area contributed by atoms with Crippen LogP contribution >= 0.6 is 11.3 Å². The zero-order chi connectivity index (χ0) is 13.0. The summed E-state index contributed by atoms with van der Waals surface area (Å²) in [6.45, 7) is 0.231. The molecule has 2 heterocycles. The molecule has 0 spiro atoms. The predicted octanol–water partition coefficient (Wildman–Crippen LogP) is 1.56. The van der Waals surface area contributed by atoms with Gasteiger partial charge in [0.15, 0.2) is 0 Å². The molecule has 0 unspecified atom stereocenters. The number of aliphatic carboxylic acids is 1. The van der Waals surface area contributed by atoms with Gasteiger partial charge in [0.05, 0.1) is 0 Å². The molecule has 5 nitrogen and oxygen atoms in total.